The van der Waals surface area contributed by atoms with Crippen molar-refractivity contribution in [3.63, 3.8) is 0 Å². The fraction of sp³-hybridized carbons (Fsp3) is 0.500. The zero-order valence-electron chi connectivity index (χ0n) is 11.0. The summed E-state index contributed by atoms with van der Waals surface area (Å²) < 4.78 is 0. The maximum atomic E-state index is 12.2. The summed E-state index contributed by atoms with van der Waals surface area (Å²) in [7, 11) is 0. The molecule has 0 heterocycles. The second-order valence-electron chi connectivity index (χ2n) is 4.91. The lowest BCUT2D eigenvalue weighted by molar-refractivity contribution is 0.163. The Bertz CT molecular complexity index is 413. The van der Waals surface area contributed by atoms with Crippen molar-refractivity contribution in [2.45, 2.75) is 31.7 Å². The molecule has 0 spiro atoms. The summed E-state index contributed by atoms with van der Waals surface area (Å²) in [5, 5.41) is 12.0. The van der Waals surface area contributed by atoms with Gasteiger partial charge in [-0.3, -0.25) is 0 Å². The van der Waals surface area contributed by atoms with E-state index in [2.05, 4.69) is 5.32 Å². The average Bonchev–Trinajstić information content (AvgIpc) is 2.92. The second kappa shape index (κ2) is 6.43. The van der Waals surface area contributed by atoms with E-state index in [9.17, 15) is 4.79 Å². The number of aliphatic hydroxyl groups is 1. The molecular formula is C14H21N3O2. The Balaban J connectivity index is 2.00. The molecule has 1 aliphatic carbocycles. The predicted molar refractivity (Wildman–Crippen MR) is 75.9 cm³/mol. The lowest BCUT2D eigenvalue weighted by atomic mass is 10.2. The normalized spacial score (nSPS) is 15.4. The van der Waals surface area contributed by atoms with Crippen LogP contribution in [0.4, 0.5) is 16.2 Å². The third-order valence-corrected chi connectivity index (χ3v) is 3.53. The zero-order valence-corrected chi connectivity index (χ0v) is 11.0. The molecule has 1 aromatic rings. The fourth-order valence-electron chi connectivity index (χ4n) is 2.54. The average molecular weight is 263 g/mol. The van der Waals surface area contributed by atoms with Crippen molar-refractivity contribution in [2.24, 2.45) is 0 Å². The number of nitrogens with zero attached hydrogens (tertiary/aromatic N) is 1. The Labute approximate surface area is 113 Å². The third kappa shape index (κ3) is 3.61. The van der Waals surface area contributed by atoms with E-state index in [0.717, 1.165) is 31.4 Å². The van der Waals surface area contributed by atoms with E-state index < -0.39 is 0 Å². The summed E-state index contributed by atoms with van der Waals surface area (Å²) >= 11 is 0. The number of benzene rings is 1. The number of nitrogens with one attached hydrogen (secondary N) is 1. The first kappa shape index (κ1) is 13.7. The van der Waals surface area contributed by atoms with Gasteiger partial charge < -0.3 is 21.1 Å². The summed E-state index contributed by atoms with van der Waals surface area (Å²) in [4.78, 5) is 14.0. The monoisotopic (exact) mass is 263 g/mol. The van der Waals surface area contributed by atoms with Gasteiger partial charge in [-0.25, -0.2) is 4.79 Å². The largest absolute Gasteiger partial charge is 0.399 e. The highest BCUT2D eigenvalue weighted by Crippen LogP contribution is 2.24. The topological polar surface area (TPSA) is 78.6 Å². The van der Waals surface area contributed by atoms with Crippen molar-refractivity contribution >= 4 is 17.4 Å². The molecule has 1 aliphatic rings. The highest BCUT2D eigenvalue weighted by molar-refractivity contribution is 5.89. The van der Waals surface area contributed by atoms with Crippen LogP contribution in [0.5, 0.6) is 0 Å². The van der Waals surface area contributed by atoms with Crippen LogP contribution in [-0.2, 0) is 0 Å². The van der Waals surface area contributed by atoms with Gasteiger partial charge in [0, 0.05) is 24.0 Å². The number of carbonyl (C=O) groups is 1. The number of carbonyl (C=O) groups excluding carboxylic acids is 1. The maximum absolute atomic E-state index is 12.2. The quantitative estimate of drug-likeness (QED) is 0.727. The molecule has 0 aromatic heterocycles. The van der Waals surface area contributed by atoms with Crippen molar-refractivity contribution in [1.29, 1.82) is 0 Å². The van der Waals surface area contributed by atoms with Gasteiger partial charge in [0.15, 0.2) is 0 Å². The lowest BCUT2D eigenvalue weighted by Crippen LogP contribution is -2.43. The maximum Gasteiger partial charge on any atom is 0.322 e. The van der Waals surface area contributed by atoms with Crippen molar-refractivity contribution < 1.29 is 9.90 Å². The Morgan fingerprint density at radius 2 is 1.95 bits per heavy atom. The Morgan fingerprint density at radius 1 is 1.32 bits per heavy atom. The van der Waals surface area contributed by atoms with Gasteiger partial charge in [0.25, 0.3) is 0 Å². The van der Waals surface area contributed by atoms with E-state index >= 15 is 0 Å². The summed E-state index contributed by atoms with van der Waals surface area (Å²) in [6, 6.07) is 7.16. The highest BCUT2D eigenvalue weighted by atomic mass is 16.3. The van der Waals surface area contributed by atoms with Crippen LogP contribution in [0.1, 0.15) is 25.7 Å². The minimum absolute atomic E-state index is 0.00828. The number of hydrogen-bond acceptors (Lipinski definition) is 3. The van der Waals surface area contributed by atoms with E-state index in [4.69, 9.17) is 10.8 Å². The van der Waals surface area contributed by atoms with Crippen molar-refractivity contribution in [3.05, 3.63) is 24.3 Å². The molecule has 0 radical (unpaired) electrons. The van der Waals surface area contributed by atoms with Crippen LogP contribution in [0.2, 0.25) is 0 Å². The molecule has 1 saturated carbocycles. The van der Waals surface area contributed by atoms with E-state index in [1.807, 2.05) is 0 Å². The first-order valence-corrected chi connectivity index (χ1v) is 6.74. The molecule has 0 bridgehead atoms. The minimum atomic E-state index is -0.147. The number of hydrogen-bond donors (Lipinski definition) is 3. The van der Waals surface area contributed by atoms with E-state index in [-0.39, 0.29) is 18.7 Å². The van der Waals surface area contributed by atoms with Gasteiger partial charge in [0.1, 0.15) is 0 Å². The molecule has 19 heavy (non-hydrogen) atoms. The van der Waals surface area contributed by atoms with E-state index in [0.29, 0.717) is 12.2 Å². The summed E-state index contributed by atoms with van der Waals surface area (Å²) in [5.41, 5.74) is 7.00. The van der Waals surface area contributed by atoms with Gasteiger partial charge in [0.05, 0.1) is 6.61 Å². The number of anilines is 2. The first-order valence-electron chi connectivity index (χ1n) is 6.74. The van der Waals surface area contributed by atoms with Crippen LogP contribution in [-0.4, -0.2) is 35.2 Å². The van der Waals surface area contributed by atoms with Gasteiger partial charge in [0.2, 0.25) is 0 Å². The molecule has 5 nitrogen and oxygen atoms in total. The molecule has 5 heteroatoms. The van der Waals surface area contributed by atoms with Gasteiger partial charge in [-0.15, -0.1) is 0 Å². The Kier molecular flexibility index (Phi) is 4.63. The molecule has 1 aromatic carbocycles. The number of amides is 2. The molecule has 1 fully saturated rings. The molecule has 0 saturated heterocycles. The number of nitrogens with two attached hydrogens (primary N) is 1. The van der Waals surface area contributed by atoms with Gasteiger partial charge >= 0.3 is 6.03 Å². The van der Waals surface area contributed by atoms with Gasteiger partial charge in [-0.2, -0.15) is 0 Å². The smallest absolute Gasteiger partial charge is 0.322 e. The number of urea groups is 1. The third-order valence-electron chi connectivity index (χ3n) is 3.53. The molecule has 0 atom stereocenters. The molecular weight excluding hydrogens is 242 g/mol. The zero-order chi connectivity index (χ0) is 13.7. The van der Waals surface area contributed by atoms with Crippen molar-refractivity contribution in [3.8, 4) is 0 Å². The van der Waals surface area contributed by atoms with Crippen LogP contribution in [0.25, 0.3) is 0 Å². The minimum Gasteiger partial charge on any atom is -0.399 e. The molecule has 2 rings (SSSR count). The number of rotatable bonds is 4. The van der Waals surface area contributed by atoms with Gasteiger partial charge in [-0.1, -0.05) is 12.8 Å². The summed E-state index contributed by atoms with van der Waals surface area (Å²) in [6.45, 7) is 0.372. The lowest BCUT2D eigenvalue weighted by Gasteiger charge is -2.28. The number of nitrogen functional groups attached to an aromatic ring is 1. The predicted octanol–water partition coefficient (Wildman–Crippen LogP) is 2.04. The van der Waals surface area contributed by atoms with Crippen LogP contribution in [0.15, 0.2) is 24.3 Å². The molecule has 104 valence electrons. The van der Waals surface area contributed by atoms with Crippen LogP contribution in [0, 0.1) is 0 Å². The Morgan fingerprint density at radius 3 is 2.53 bits per heavy atom. The molecule has 0 unspecified atom stereocenters. The second-order valence-corrected chi connectivity index (χ2v) is 4.91. The van der Waals surface area contributed by atoms with Crippen LogP contribution >= 0.6 is 0 Å². The van der Waals surface area contributed by atoms with Crippen molar-refractivity contribution in [1.82, 2.24) is 4.90 Å². The standard InChI is InChI=1S/C14H21N3O2/c15-11-5-7-12(8-6-11)16-14(19)17(9-10-18)13-3-1-2-4-13/h5-8,13,18H,1-4,9-10,15H2,(H,16,19). The van der Waals surface area contributed by atoms with Crippen molar-refractivity contribution in [2.75, 3.05) is 24.2 Å². The van der Waals surface area contributed by atoms with E-state index in [1.54, 1.807) is 29.2 Å². The summed E-state index contributed by atoms with van der Waals surface area (Å²) in [6.07, 6.45) is 4.35. The first-order chi connectivity index (χ1) is 9.20. The van der Waals surface area contributed by atoms with Crippen LogP contribution < -0.4 is 11.1 Å². The number of aliphatic hydroxyl groups excluding tert-OH is 1. The molecule has 0 aliphatic heterocycles. The molecule has 4 N–H and O–H groups in total. The SMILES string of the molecule is Nc1ccc(NC(=O)N(CCO)C2CCCC2)cc1. The fourth-order valence-corrected chi connectivity index (χ4v) is 2.54. The Hall–Kier alpha value is -1.75. The summed E-state index contributed by atoms with van der Waals surface area (Å²) in [5.74, 6) is 0. The van der Waals surface area contributed by atoms with Crippen LogP contribution in [0.3, 0.4) is 0 Å². The highest BCUT2D eigenvalue weighted by Gasteiger charge is 2.26. The van der Waals surface area contributed by atoms with Gasteiger partial charge in [-0.05, 0) is 37.1 Å². The van der Waals surface area contributed by atoms with E-state index in [1.165, 1.54) is 0 Å². The molecule has 2 amide bonds.